The van der Waals surface area contributed by atoms with Crippen LogP contribution in [0.4, 0.5) is 5.69 Å². The number of aromatic carboxylic acids is 1. The molecule has 118 valence electrons. The predicted octanol–water partition coefficient (Wildman–Crippen LogP) is 2.42. The SMILES string of the molecule is O=C(O)c1ccc(N2C(=O)C3(Cl)C4C=CC(C4)C3(Cl)C2=O)cc1. The number of rotatable bonds is 2. The molecule has 4 atom stereocenters. The van der Waals surface area contributed by atoms with Crippen LogP contribution in [0.1, 0.15) is 16.8 Å². The number of carboxylic acid groups (broad SMARTS) is 1. The molecule has 2 fully saturated rings. The van der Waals surface area contributed by atoms with E-state index in [1.54, 1.807) is 0 Å². The van der Waals surface area contributed by atoms with E-state index < -0.39 is 27.5 Å². The lowest BCUT2D eigenvalue weighted by Gasteiger charge is -2.32. The van der Waals surface area contributed by atoms with E-state index in [1.807, 2.05) is 12.2 Å². The average Bonchev–Trinajstić information content (AvgIpc) is 3.14. The topological polar surface area (TPSA) is 74.7 Å². The van der Waals surface area contributed by atoms with Crippen molar-refractivity contribution in [3.05, 3.63) is 42.0 Å². The maximum Gasteiger partial charge on any atom is 0.335 e. The van der Waals surface area contributed by atoms with Crippen molar-refractivity contribution in [1.29, 1.82) is 0 Å². The highest BCUT2D eigenvalue weighted by atomic mass is 35.5. The number of carbonyl (C=O) groups excluding carboxylic acids is 2. The van der Waals surface area contributed by atoms with Gasteiger partial charge in [0.1, 0.15) is 0 Å². The molecule has 2 aliphatic carbocycles. The number of hydrogen-bond donors (Lipinski definition) is 1. The first kappa shape index (κ1) is 14.7. The van der Waals surface area contributed by atoms with Crippen LogP contribution in [0, 0.1) is 11.8 Å². The molecule has 0 radical (unpaired) electrons. The van der Waals surface area contributed by atoms with Gasteiger partial charge in [0, 0.05) is 11.8 Å². The van der Waals surface area contributed by atoms with E-state index in [4.69, 9.17) is 28.3 Å². The highest BCUT2D eigenvalue weighted by molar-refractivity contribution is 6.58. The Morgan fingerprint density at radius 1 is 1.04 bits per heavy atom. The van der Waals surface area contributed by atoms with E-state index in [9.17, 15) is 14.4 Å². The number of carbonyl (C=O) groups is 3. The van der Waals surface area contributed by atoms with Crippen LogP contribution >= 0.6 is 23.2 Å². The molecule has 5 nitrogen and oxygen atoms in total. The summed E-state index contributed by atoms with van der Waals surface area (Å²) in [6.07, 6.45) is 4.29. The molecular weight excluding hydrogens is 341 g/mol. The minimum absolute atomic E-state index is 0.0657. The molecule has 4 rings (SSSR count). The molecule has 4 unspecified atom stereocenters. The second-order valence-corrected chi connectivity index (χ2v) is 7.25. The maximum absolute atomic E-state index is 12.9. The molecule has 0 spiro atoms. The second kappa shape index (κ2) is 4.36. The molecule has 1 aliphatic heterocycles. The molecule has 2 amide bonds. The summed E-state index contributed by atoms with van der Waals surface area (Å²) < 4.78 is 0. The Bertz CT molecular complexity index is 754. The fraction of sp³-hybridized carbons (Fsp3) is 0.312. The van der Waals surface area contributed by atoms with Gasteiger partial charge in [-0.05, 0) is 30.7 Å². The van der Waals surface area contributed by atoms with E-state index in [0.29, 0.717) is 6.42 Å². The Morgan fingerprint density at radius 2 is 1.52 bits per heavy atom. The van der Waals surface area contributed by atoms with Crippen LogP contribution in [-0.2, 0) is 9.59 Å². The Kier molecular flexibility index (Phi) is 2.79. The van der Waals surface area contributed by atoms with Crippen LogP contribution in [0.15, 0.2) is 36.4 Å². The number of fused-ring (bicyclic) bond motifs is 5. The molecule has 7 heteroatoms. The standard InChI is InChI=1S/C16H11Cl2NO4/c17-15-9-3-4-10(7-9)16(15,18)14(23)19(13(15)22)11-5-1-8(2-6-11)12(20)21/h1-6,9-10H,7H2,(H,20,21). The fourth-order valence-corrected chi connectivity index (χ4v) is 4.80. The first-order valence-corrected chi connectivity index (χ1v) is 7.86. The van der Waals surface area contributed by atoms with Crippen molar-refractivity contribution in [1.82, 2.24) is 0 Å². The van der Waals surface area contributed by atoms with Crippen LogP contribution in [0.5, 0.6) is 0 Å². The van der Waals surface area contributed by atoms with Crippen LogP contribution in [0.2, 0.25) is 0 Å². The smallest absolute Gasteiger partial charge is 0.335 e. The molecule has 1 aromatic carbocycles. The quantitative estimate of drug-likeness (QED) is 0.504. The molecule has 1 heterocycles. The normalized spacial score (nSPS) is 37.6. The number of nitrogens with zero attached hydrogens (tertiary/aromatic N) is 1. The van der Waals surface area contributed by atoms with E-state index in [2.05, 4.69) is 0 Å². The third-order valence-electron chi connectivity index (χ3n) is 5.04. The van der Waals surface area contributed by atoms with Gasteiger partial charge < -0.3 is 5.11 Å². The van der Waals surface area contributed by atoms with Crippen LogP contribution in [-0.4, -0.2) is 32.6 Å². The van der Waals surface area contributed by atoms with Gasteiger partial charge in [-0.15, -0.1) is 23.2 Å². The highest BCUT2D eigenvalue weighted by Gasteiger charge is 2.78. The first-order valence-electron chi connectivity index (χ1n) is 7.10. The third kappa shape index (κ3) is 1.52. The molecule has 23 heavy (non-hydrogen) atoms. The Hall–Kier alpha value is -1.85. The Morgan fingerprint density at radius 3 is 1.96 bits per heavy atom. The number of alkyl halides is 2. The Labute approximate surface area is 141 Å². The van der Waals surface area contributed by atoms with Gasteiger partial charge in [0.2, 0.25) is 0 Å². The van der Waals surface area contributed by atoms with Crippen molar-refractivity contribution in [3.63, 3.8) is 0 Å². The van der Waals surface area contributed by atoms with Crippen LogP contribution in [0.25, 0.3) is 0 Å². The largest absolute Gasteiger partial charge is 0.478 e. The lowest BCUT2D eigenvalue weighted by atomic mass is 9.83. The molecular formula is C16H11Cl2NO4. The zero-order chi connectivity index (χ0) is 16.6. The lowest BCUT2D eigenvalue weighted by Crippen LogP contribution is -2.51. The molecule has 1 saturated heterocycles. The first-order chi connectivity index (χ1) is 10.8. The van der Waals surface area contributed by atoms with Gasteiger partial charge in [-0.25, -0.2) is 9.69 Å². The van der Waals surface area contributed by atoms with E-state index in [0.717, 1.165) is 4.90 Å². The summed E-state index contributed by atoms with van der Waals surface area (Å²) >= 11 is 13.2. The Balaban J connectivity index is 1.80. The fourth-order valence-electron chi connectivity index (χ4n) is 3.86. The molecule has 3 aliphatic rings. The van der Waals surface area contributed by atoms with E-state index in [1.165, 1.54) is 24.3 Å². The van der Waals surface area contributed by atoms with Gasteiger partial charge >= 0.3 is 5.97 Å². The average molecular weight is 352 g/mol. The van der Waals surface area contributed by atoms with E-state index in [-0.39, 0.29) is 23.1 Å². The van der Waals surface area contributed by atoms with E-state index >= 15 is 0 Å². The minimum Gasteiger partial charge on any atom is -0.478 e. The summed E-state index contributed by atoms with van der Waals surface area (Å²) in [4.78, 5) is 34.7. The number of halogens is 2. The number of imide groups is 1. The summed E-state index contributed by atoms with van der Waals surface area (Å²) in [5, 5.41) is 8.94. The number of allylic oxidation sites excluding steroid dienone is 2. The predicted molar refractivity (Wildman–Crippen MR) is 83.8 cm³/mol. The molecule has 1 saturated carbocycles. The summed E-state index contributed by atoms with van der Waals surface area (Å²) in [5.41, 5.74) is 0.342. The molecule has 1 aromatic rings. The van der Waals surface area contributed by atoms with Crippen LogP contribution < -0.4 is 4.90 Å². The number of amides is 2. The number of anilines is 1. The number of benzene rings is 1. The van der Waals surface area contributed by atoms with Crippen molar-refractivity contribution in [3.8, 4) is 0 Å². The zero-order valence-electron chi connectivity index (χ0n) is 11.7. The summed E-state index contributed by atoms with van der Waals surface area (Å²) in [6, 6.07) is 5.49. The van der Waals surface area contributed by atoms with Crippen molar-refractivity contribution >= 4 is 46.7 Å². The number of hydrogen-bond acceptors (Lipinski definition) is 3. The summed E-state index contributed by atoms with van der Waals surface area (Å²) in [5.74, 6) is -2.71. The second-order valence-electron chi connectivity index (χ2n) is 6.05. The third-order valence-corrected chi connectivity index (χ3v) is 6.61. The summed E-state index contributed by atoms with van der Waals surface area (Å²) in [6.45, 7) is 0. The van der Waals surface area contributed by atoms with Gasteiger partial charge in [-0.2, -0.15) is 0 Å². The van der Waals surface area contributed by atoms with Crippen LogP contribution in [0.3, 0.4) is 0 Å². The lowest BCUT2D eigenvalue weighted by molar-refractivity contribution is -0.122. The van der Waals surface area contributed by atoms with Crippen molar-refractivity contribution in [2.75, 3.05) is 4.90 Å². The molecule has 1 N–H and O–H groups in total. The zero-order valence-corrected chi connectivity index (χ0v) is 13.2. The monoisotopic (exact) mass is 351 g/mol. The number of carboxylic acids is 1. The molecule has 2 bridgehead atoms. The molecule has 0 aromatic heterocycles. The van der Waals surface area contributed by atoms with Crippen molar-refractivity contribution < 1.29 is 19.5 Å². The van der Waals surface area contributed by atoms with Gasteiger partial charge in [-0.1, -0.05) is 12.2 Å². The van der Waals surface area contributed by atoms with Crippen molar-refractivity contribution in [2.45, 2.75) is 16.2 Å². The highest BCUT2D eigenvalue weighted by Crippen LogP contribution is 2.64. The van der Waals surface area contributed by atoms with Gasteiger partial charge in [-0.3, -0.25) is 9.59 Å². The minimum atomic E-state index is -1.48. The van der Waals surface area contributed by atoms with Gasteiger partial charge in [0.25, 0.3) is 11.8 Å². The van der Waals surface area contributed by atoms with Gasteiger partial charge in [0.05, 0.1) is 11.3 Å². The van der Waals surface area contributed by atoms with Gasteiger partial charge in [0.15, 0.2) is 9.75 Å². The van der Waals surface area contributed by atoms with Crippen molar-refractivity contribution in [2.24, 2.45) is 11.8 Å². The summed E-state index contributed by atoms with van der Waals surface area (Å²) in [7, 11) is 0. The maximum atomic E-state index is 12.9.